The van der Waals surface area contributed by atoms with Crippen LogP contribution < -0.4 is 5.32 Å². The topological polar surface area (TPSA) is 49.3 Å². The van der Waals surface area contributed by atoms with E-state index >= 15 is 0 Å². The Kier molecular flexibility index (Phi) is 2.77. The SMILES string of the molecule is O=C1Nc2ccccc2C1(O)Cc1sccc1Br. The van der Waals surface area contributed by atoms with E-state index in [4.69, 9.17) is 0 Å². The first-order valence-electron chi connectivity index (χ1n) is 5.46. The first kappa shape index (κ1) is 11.9. The molecule has 0 bridgehead atoms. The van der Waals surface area contributed by atoms with Gasteiger partial charge in [-0.25, -0.2) is 0 Å². The van der Waals surface area contributed by atoms with E-state index in [-0.39, 0.29) is 12.3 Å². The maximum atomic E-state index is 12.0. The van der Waals surface area contributed by atoms with Gasteiger partial charge >= 0.3 is 0 Å². The predicted octanol–water partition coefficient (Wildman–Crippen LogP) is 2.89. The molecule has 0 spiro atoms. The molecule has 1 unspecified atom stereocenters. The summed E-state index contributed by atoms with van der Waals surface area (Å²) >= 11 is 4.95. The molecule has 0 saturated heterocycles. The van der Waals surface area contributed by atoms with Crippen LogP contribution in [-0.2, 0) is 16.8 Å². The van der Waals surface area contributed by atoms with Crippen LogP contribution in [0.25, 0.3) is 0 Å². The molecular formula is C13H10BrNO2S. The molecule has 1 aliphatic heterocycles. The van der Waals surface area contributed by atoms with Crippen LogP contribution in [0.3, 0.4) is 0 Å². The molecule has 92 valence electrons. The van der Waals surface area contributed by atoms with Crippen molar-refractivity contribution in [3.8, 4) is 0 Å². The number of rotatable bonds is 2. The zero-order valence-corrected chi connectivity index (χ0v) is 11.7. The second-order valence-corrected chi connectivity index (χ2v) is 6.08. The first-order chi connectivity index (χ1) is 8.61. The van der Waals surface area contributed by atoms with Crippen LogP contribution in [0.2, 0.25) is 0 Å². The number of halogens is 1. The van der Waals surface area contributed by atoms with Gasteiger partial charge in [-0.15, -0.1) is 11.3 Å². The Morgan fingerprint density at radius 3 is 2.83 bits per heavy atom. The van der Waals surface area contributed by atoms with Crippen molar-refractivity contribution in [3.63, 3.8) is 0 Å². The molecule has 2 heterocycles. The van der Waals surface area contributed by atoms with Gasteiger partial charge in [0.05, 0.1) is 0 Å². The lowest BCUT2D eigenvalue weighted by atomic mass is 9.91. The number of hydrogen-bond acceptors (Lipinski definition) is 3. The highest BCUT2D eigenvalue weighted by Gasteiger charge is 2.45. The summed E-state index contributed by atoms with van der Waals surface area (Å²) in [6.45, 7) is 0. The quantitative estimate of drug-likeness (QED) is 0.892. The van der Waals surface area contributed by atoms with Crippen LogP contribution in [0.4, 0.5) is 5.69 Å². The highest BCUT2D eigenvalue weighted by atomic mass is 79.9. The molecule has 0 aliphatic carbocycles. The van der Waals surface area contributed by atoms with Gasteiger partial charge in [-0.1, -0.05) is 18.2 Å². The zero-order valence-electron chi connectivity index (χ0n) is 9.31. The van der Waals surface area contributed by atoms with Gasteiger partial charge < -0.3 is 10.4 Å². The normalized spacial score (nSPS) is 21.8. The number of thiophene rings is 1. The average Bonchev–Trinajstić information content (AvgIpc) is 2.85. The van der Waals surface area contributed by atoms with E-state index in [1.54, 1.807) is 12.1 Å². The predicted molar refractivity (Wildman–Crippen MR) is 74.7 cm³/mol. The van der Waals surface area contributed by atoms with Crippen molar-refractivity contribution in [2.75, 3.05) is 5.32 Å². The number of nitrogens with one attached hydrogen (secondary N) is 1. The third kappa shape index (κ3) is 1.70. The molecular weight excluding hydrogens is 314 g/mol. The van der Waals surface area contributed by atoms with E-state index in [2.05, 4.69) is 21.2 Å². The third-order valence-corrected chi connectivity index (χ3v) is 5.03. The number of hydrogen-bond donors (Lipinski definition) is 2. The molecule has 3 rings (SSSR count). The van der Waals surface area contributed by atoms with E-state index in [9.17, 15) is 9.90 Å². The van der Waals surface area contributed by atoms with Crippen molar-refractivity contribution in [2.45, 2.75) is 12.0 Å². The average molecular weight is 324 g/mol. The van der Waals surface area contributed by atoms with Crippen LogP contribution in [-0.4, -0.2) is 11.0 Å². The largest absolute Gasteiger partial charge is 0.375 e. The fourth-order valence-electron chi connectivity index (χ4n) is 2.16. The second-order valence-electron chi connectivity index (χ2n) is 4.23. The summed E-state index contributed by atoms with van der Waals surface area (Å²) in [6, 6.07) is 9.17. The lowest BCUT2D eigenvalue weighted by Gasteiger charge is -2.20. The van der Waals surface area contributed by atoms with Gasteiger partial charge in [0, 0.05) is 27.0 Å². The van der Waals surface area contributed by atoms with Gasteiger partial charge in [-0.3, -0.25) is 4.79 Å². The molecule has 1 aromatic heterocycles. The van der Waals surface area contributed by atoms with Crippen molar-refractivity contribution in [1.82, 2.24) is 0 Å². The van der Waals surface area contributed by atoms with Crippen molar-refractivity contribution in [1.29, 1.82) is 0 Å². The summed E-state index contributed by atoms with van der Waals surface area (Å²) < 4.78 is 0.929. The molecule has 0 fully saturated rings. The molecule has 1 aliphatic rings. The monoisotopic (exact) mass is 323 g/mol. The van der Waals surface area contributed by atoms with Crippen molar-refractivity contribution in [3.05, 3.63) is 50.6 Å². The van der Waals surface area contributed by atoms with Crippen LogP contribution in [0, 0.1) is 0 Å². The van der Waals surface area contributed by atoms with Crippen molar-refractivity contribution in [2.24, 2.45) is 0 Å². The van der Waals surface area contributed by atoms with Crippen LogP contribution in [0.5, 0.6) is 0 Å². The van der Waals surface area contributed by atoms with Crippen LogP contribution >= 0.6 is 27.3 Å². The van der Waals surface area contributed by atoms with Crippen molar-refractivity contribution >= 4 is 38.9 Å². The van der Waals surface area contributed by atoms with Crippen molar-refractivity contribution < 1.29 is 9.90 Å². The number of amides is 1. The van der Waals surface area contributed by atoms with E-state index in [1.165, 1.54) is 11.3 Å². The molecule has 3 nitrogen and oxygen atoms in total. The summed E-state index contributed by atoms with van der Waals surface area (Å²) in [7, 11) is 0. The minimum Gasteiger partial charge on any atom is -0.375 e. The van der Waals surface area contributed by atoms with E-state index in [1.807, 2.05) is 23.6 Å². The van der Waals surface area contributed by atoms with E-state index in [0.29, 0.717) is 11.3 Å². The van der Waals surface area contributed by atoms with Gasteiger partial charge in [-0.2, -0.15) is 0 Å². The number of carbonyl (C=O) groups excluding carboxylic acids is 1. The standard InChI is InChI=1S/C13H10BrNO2S/c14-9-5-6-18-11(9)7-13(17)8-3-1-2-4-10(8)15-12(13)16/h1-6,17H,7H2,(H,15,16). The summed E-state index contributed by atoms with van der Waals surface area (Å²) in [5.74, 6) is -0.357. The molecule has 5 heteroatoms. The van der Waals surface area contributed by atoms with Gasteiger partial charge in [0.2, 0.25) is 0 Å². The Labute approximate surface area is 117 Å². The third-order valence-electron chi connectivity index (χ3n) is 3.10. The van der Waals surface area contributed by atoms with Gasteiger partial charge in [0.25, 0.3) is 5.91 Å². The summed E-state index contributed by atoms with van der Waals surface area (Å²) in [6.07, 6.45) is 0.286. The fourth-order valence-corrected chi connectivity index (χ4v) is 3.73. The number of anilines is 1. The van der Waals surface area contributed by atoms with E-state index < -0.39 is 5.60 Å². The second kappa shape index (κ2) is 4.19. The number of carbonyl (C=O) groups is 1. The Hall–Kier alpha value is -1.17. The molecule has 1 atom stereocenters. The van der Waals surface area contributed by atoms with Gasteiger partial charge in [0.15, 0.2) is 5.60 Å². The highest BCUT2D eigenvalue weighted by Crippen LogP contribution is 2.40. The number of para-hydroxylation sites is 1. The fraction of sp³-hybridized carbons (Fsp3) is 0.154. The lowest BCUT2D eigenvalue weighted by Crippen LogP contribution is -2.36. The van der Waals surface area contributed by atoms with Gasteiger partial charge in [0.1, 0.15) is 0 Å². The Morgan fingerprint density at radius 1 is 1.33 bits per heavy atom. The van der Waals surface area contributed by atoms with Crippen LogP contribution in [0.15, 0.2) is 40.2 Å². The maximum absolute atomic E-state index is 12.0. The minimum absolute atomic E-state index is 0.286. The first-order valence-corrected chi connectivity index (χ1v) is 7.14. The Balaban J connectivity index is 2.04. The molecule has 0 saturated carbocycles. The molecule has 18 heavy (non-hydrogen) atoms. The Morgan fingerprint density at radius 2 is 2.11 bits per heavy atom. The summed E-state index contributed by atoms with van der Waals surface area (Å²) in [4.78, 5) is 13.0. The molecule has 1 amide bonds. The number of aliphatic hydroxyl groups is 1. The van der Waals surface area contributed by atoms with Gasteiger partial charge in [-0.05, 0) is 33.4 Å². The highest BCUT2D eigenvalue weighted by molar-refractivity contribution is 9.10. The summed E-state index contributed by atoms with van der Waals surface area (Å²) in [5.41, 5.74) is -0.128. The number of fused-ring (bicyclic) bond motifs is 1. The zero-order chi connectivity index (χ0) is 12.8. The molecule has 1 aromatic carbocycles. The maximum Gasteiger partial charge on any atom is 0.261 e. The number of benzene rings is 1. The molecule has 2 aromatic rings. The molecule has 2 N–H and O–H groups in total. The van der Waals surface area contributed by atoms with Crippen LogP contribution in [0.1, 0.15) is 10.4 Å². The Bertz CT molecular complexity index is 625. The smallest absolute Gasteiger partial charge is 0.261 e. The lowest BCUT2D eigenvalue weighted by molar-refractivity contribution is -0.133. The van der Waals surface area contributed by atoms with E-state index in [0.717, 1.165) is 9.35 Å². The molecule has 0 radical (unpaired) electrons. The minimum atomic E-state index is -1.47. The summed E-state index contributed by atoms with van der Waals surface area (Å²) in [5, 5.41) is 15.3.